The van der Waals surface area contributed by atoms with Gasteiger partial charge in [0, 0.05) is 10.7 Å². The van der Waals surface area contributed by atoms with Crippen molar-refractivity contribution in [1.29, 1.82) is 0 Å². The molecule has 0 saturated carbocycles. The van der Waals surface area contributed by atoms with Crippen LogP contribution in [-0.2, 0) is 0 Å². The second-order valence-electron chi connectivity index (χ2n) is 4.07. The first-order valence-electron chi connectivity index (χ1n) is 5.84. The summed E-state index contributed by atoms with van der Waals surface area (Å²) in [7, 11) is 0. The highest BCUT2D eigenvalue weighted by Crippen LogP contribution is 2.23. The second kappa shape index (κ2) is 6.63. The second-order valence-corrected chi connectivity index (χ2v) is 4.51. The highest BCUT2D eigenvalue weighted by atomic mass is 35.5. The molecule has 4 N–H and O–H groups in total. The number of aliphatic imine (C=N–C) groups is 2. The summed E-state index contributed by atoms with van der Waals surface area (Å²) >= 11 is 5.88. The van der Waals surface area contributed by atoms with Crippen LogP contribution in [0.2, 0.25) is 5.02 Å². The van der Waals surface area contributed by atoms with Gasteiger partial charge in [0.1, 0.15) is 6.17 Å². The number of nitrogens with two attached hydrogens (primary N) is 2. The zero-order valence-electron chi connectivity index (χ0n) is 10.6. The molecule has 1 heterocycles. The SMILES string of the molecule is CCCC1N=C(N)N=C(N)N1c1ccc(Cl)cc1.Cl. The minimum atomic E-state index is -0.103. The van der Waals surface area contributed by atoms with E-state index in [1.807, 2.05) is 29.2 Å². The molecular formula is C12H17Cl2N5. The fraction of sp³-hybridized carbons (Fsp3) is 0.333. The molecule has 0 aliphatic carbocycles. The van der Waals surface area contributed by atoms with Crippen molar-refractivity contribution in [2.75, 3.05) is 4.90 Å². The van der Waals surface area contributed by atoms with Gasteiger partial charge in [0.15, 0.2) is 0 Å². The van der Waals surface area contributed by atoms with Gasteiger partial charge in [0.2, 0.25) is 11.9 Å². The Morgan fingerprint density at radius 3 is 2.47 bits per heavy atom. The van der Waals surface area contributed by atoms with Crippen LogP contribution in [0.1, 0.15) is 19.8 Å². The number of hydrogen-bond acceptors (Lipinski definition) is 5. The van der Waals surface area contributed by atoms with Crippen LogP contribution in [0.5, 0.6) is 0 Å². The van der Waals surface area contributed by atoms with Crippen molar-refractivity contribution in [3.8, 4) is 0 Å². The van der Waals surface area contributed by atoms with E-state index in [0.29, 0.717) is 11.0 Å². The molecular weight excluding hydrogens is 285 g/mol. The lowest BCUT2D eigenvalue weighted by molar-refractivity contribution is 0.613. The number of halogens is 2. The molecule has 1 unspecified atom stereocenters. The third-order valence-corrected chi connectivity index (χ3v) is 2.96. The molecule has 0 fully saturated rings. The minimum absolute atomic E-state index is 0. The first-order valence-corrected chi connectivity index (χ1v) is 6.22. The van der Waals surface area contributed by atoms with Gasteiger partial charge in [0.25, 0.3) is 0 Å². The summed E-state index contributed by atoms with van der Waals surface area (Å²) in [5, 5.41) is 0.682. The van der Waals surface area contributed by atoms with E-state index in [2.05, 4.69) is 16.9 Å². The fourth-order valence-electron chi connectivity index (χ4n) is 1.92. The quantitative estimate of drug-likeness (QED) is 0.899. The molecule has 1 aliphatic heterocycles. The minimum Gasteiger partial charge on any atom is -0.369 e. The molecule has 0 spiro atoms. The third kappa shape index (κ3) is 3.52. The largest absolute Gasteiger partial charge is 0.369 e. The molecule has 1 aliphatic rings. The molecule has 0 bridgehead atoms. The topological polar surface area (TPSA) is 80.0 Å². The molecule has 19 heavy (non-hydrogen) atoms. The normalized spacial score (nSPS) is 18.4. The average Bonchev–Trinajstić information content (AvgIpc) is 2.31. The summed E-state index contributed by atoms with van der Waals surface area (Å²) in [6.45, 7) is 2.09. The molecule has 1 aromatic carbocycles. The van der Waals surface area contributed by atoms with E-state index in [9.17, 15) is 0 Å². The standard InChI is InChI=1S/C12H16ClN5.ClH/c1-2-3-10-16-11(14)17-12(15)18(10)9-6-4-8(13)5-7-9;/h4-7,10H,2-3H2,1H3,(H4,14,15,16,17);1H. The van der Waals surface area contributed by atoms with Crippen molar-refractivity contribution < 1.29 is 0 Å². The summed E-state index contributed by atoms with van der Waals surface area (Å²) < 4.78 is 0. The van der Waals surface area contributed by atoms with Crippen LogP contribution in [-0.4, -0.2) is 18.1 Å². The number of benzene rings is 1. The van der Waals surface area contributed by atoms with Gasteiger partial charge >= 0.3 is 0 Å². The monoisotopic (exact) mass is 301 g/mol. The highest BCUT2D eigenvalue weighted by molar-refractivity contribution is 6.30. The Hall–Kier alpha value is -1.46. The zero-order chi connectivity index (χ0) is 13.1. The molecule has 2 rings (SSSR count). The van der Waals surface area contributed by atoms with Crippen LogP contribution in [0.15, 0.2) is 34.3 Å². The molecule has 0 radical (unpaired) electrons. The van der Waals surface area contributed by atoms with Crippen molar-refractivity contribution in [1.82, 2.24) is 0 Å². The predicted octanol–water partition coefficient (Wildman–Crippen LogP) is 2.34. The number of nitrogens with zero attached hydrogens (tertiary/aromatic N) is 3. The average molecular weight is 302 g/mol. The maximum absolute atomic E-state index is 5.94. The van der Waals surface area contributed by atoms with Gasteiger partial charge in [-0.25, -0.2) is 4.99 Å². The first-order chi connectivity index (χ1) is 8.61. The van der Waals surface area contributed by atoms with Gasteiger partial charge in [-0.2, -0.15) is 4.99 Å². The van der Waals surface area contributed by atoms with Gasteiger partial charge in [-0.15, -0.1) is 12.4 Å². The lowest BCUT2D eigenvalue weighted by Crippen LogP contribution is -2.48. The van der Waals surface area contributed by atoms with Crippen molar-refractivity contribution >= 4 is 41.6 Å². The number of anilines is 1. The number of rotatable bonds is 3. The molecule has 1 aromatic rings. The third-order valence-electron chi connectivity index (χ3n) is 2.71. The first kappa shape index (κ1) is 15.6. The van der Waals surface area contributed by atoms with Crippen LogP contribution in [0.3, 0.4) is 0 Å². The molecule has 0 saturated heterocycles. The van der Waals surface area contributed by atoms with E-state index >= 15 is 0 Å². The van der Waals surface area contributed by atoms with E-state index in [1.54, 1.807) is 0 Å². The van der Waals surface area contributed by atoms with Gasteiger partial charge in [-0.1, -0.05) is 24.9 Å². The molecule has 7 heteroatoms. The summed E-state index contributed by atoms with van der Waals surface area (Å²) in [6.07, 6.45) is 1.74. The Bertz CT molecular complexity index is 483. The number of guanidine groups is 2. The molecule has 0 amide bonds. The molecule has 1 atom stereocenters. The Balaban J connectivity index is 0.00000180. The van der Waals surface area contributed by atoms with Gasteiger partial charge in [-0.3, -0.25) is 4.90 Å². The summed E-state index contributed by atoms with van der Waals surface area (Å²) in [5.74, 6) is 0.597. The van der Waals surface area contributed by atoms with Crippen LogP contribution in [0.4, 0.5) is 5.69 Å². The van der Waals surface area contributed by atoms with Gasteiger partial charge in [-0.05, 0) is 30.7 Å². The van der Waals surface area contributed by atoms with Crippen molar-refractivity contribution in [3.63, 3.8) is 0 Å². The Labute approximate surface area is 123 Å². The smallest absolute Gasteiger partial charge is 0.220 e. The Morgan fingerprint density at radius 2 is 1.89 bits per heavy atom. The number of hydrogen-bond donors (Lipinski definition) is 2. The van der Waals surface area contributed by atoms with Crippen LogP contribution < -0.4 is 16.4 Å². The van der Waals surface area contributed by atoms with E-state index in [0.717, 1.165) is 18.5 Å². The van der Waals surface area contributed by atoms with Gasteiger partial charge in [0.05, 0.1) is 0 Å². The lowest BCUT2D eigenvalue weighted by Gasteiger charge is -2.32. The van der Waals surface area contributed by atoms with Crippen molar-refractivity contribution in [2.24, 2.45) is 21.5 Å². The Kier molecular flexibility index (Phi) is 5.44. The van der Waals surface area contributed by atoms with Crippen molar-refractivity contribution in [3.05, 3.63) is 29.3 Å². The Morgan fingerprint density at radius 1 is 1.26 bits per heavy atom. The van der Waals surface area contributed by atoms with Crippen molar-refractivity contribution in [2.45, 2.75) is 25.9 Å². The molecule has 104 valence electrons. The van der Waals surface area contributed by atoms with E-state index < -0.39 is 0 Å². The fourth-order valence-corrected chi connectivity index (χ4v) is 2.05. The zero-order valence-corrected chi connectivity index (χ0v) is 12.2. The van der Waals surface area contributed by atoms with Gasteiger partial charge < -0.3 is 11.5 Å². The molecule has 0 aromatic heterocycles. The summed E-state index contributed by atoms with van der Waals surface area (Å²) in [4.78, 5) is 10.2. The maximum Gasteiger partial charge on any atom is 0.220 e. The van der Waals surface area contributed by atoms with E-state index in [-0.39, 0.29) is 24.5 Å². The predicted molar refractivity (Wildman–Crippen MR) is 83.1 cm³/mol. The van der Waals surface area contributed by atoms with Crippen LogP contribution >= 0.6 is 24.0 Å². The maximum atomic E-state index is 5.94. The van der Waals surface area contributed by atoms with E-state index in [1.165, 1.54) is 0 Å². The summed E-state index contributed by atoms with van der Waals surface area (Å²) in [6, 6.07) is 7.42. The summed E-state index contributed by atoms with van der Waals surface area (Å²) in [5.41, 5.74) is 12.5. The van der Waals surface area contributed by atoms with Crippen LogP contribution in [0.25, 0.3) is 0 Å². The van der Waals surface area contributed by atoms with E-state index in [4.69, 9.17) is 23.1 Å². The lowest BCUT2D eigenvalue weighted by atomic mass is 10.2. The van der Waals surface area contributed by atoms with Crippen LogP contribution in [0, 0.1) is 0 Å². The highest BCUT2D eigenvalue weighted by Gasteiger charge is 2.24. The molecule has 5 nitrogen and oxygen atoms in total.